The summed E-state index contributed by atoms with van der Waals surface area (Å²) in [4.78, 5) is 32.7. The molecule has 1 amide bonds. The molecule has 0 radical (unpaired) electrons. The van der Waals surface area contributed by atoms with Crippen molar-refractivity contribution in [3.8, 4) is 0 Å². The minimum absolute atomic E-state index is 0.0170. The average molecular weight is 363 g/mol. The van der Waals surface area contributed by atoms with Gasteiger partial charge in [-0.2, -0.15) is 9.38 Å². The van der Waals surface area contributed by atoms with Crippen molar-refractivity contribution in [2.45, 2.75) is 32.1 Å². The number of amides is 1. The minimum atomic E-state index is -0.373. The Morgan fingerprint density at radius 1 is 1.20 bits per heavy atom. The minimum Gasteiger partial charge on any atom is -0.358 e. The lowest BCUT2D eigenvalue weighted by Gasteiger charge is -2.37. The summed E-state index contributed by atoms with van der Waals surface area (Å²) in [5, 5.41) is 13.3. The normalized spacial score (nSPS) is 19.5. The van der Waals surface area contributed by atoms with Crippen molar-refractivity contribution in [3.63, 3.8) is 0 Å². The third-order valence-electron chi connectivity index (χ3n) is 5.24. The first-order valence-electron chi connectivity index (χ1n) is 8.79. The van der Waals surface area contributed by atoms with Gasteiger partial charge in [0.05, 0.1) is 0 Å². The molecular formula is C16H21N5O3S. The fourth-order valence-electron chi connectivity index (χ4n) is 3.89. The number of piperazine rings is 1. The van der Waals surface area contributed by atoms with Gasteiger partial charge in [0.2, 0.25) is 11.7 Å². The van der Waals surface area contributed by atoms with Gasteiger partial charge in [-0.3, -0.25) is 4.79 Å². The van der Waals surface area contributed by atoms with Gasteiger partial charge in [-0.15, -0.1) is 0 Å². The van der Waals surface area contributed by atoms with Crippen LogP contribution in [-0.4, -0.2) is 51.3 Å². The number of aromatic nitrogens is 2. The molecule has 1 saturated carbocycles. The fraction of sp³-hybridized carbons (Fsp3) is 0.625. The number of nitro groups is 1. The van der Waals surface area contributed by atoms with Gasteiger partial charge in [-0.25, -0.2) is 0 Å². The van der Waals surface area contributed by atoms with E-state index < -0.39 is 0 Å². The average Bonchev–Trinajstić information content (AvgIpc) is 3.22. The summed E-state index contributed by atoms with van der Waals surface area (Å²) in [6.45, 7) is 2.39. The predicted octanol–water partition coefficient (Wildman–Crippen LogP) is 2.53. The highest BCUT2D eigenvalue weighted by atomic mass is 32.1. The molecule has 2 fully saturated rings. The summed E-state index contributed by atoms with van der Waals surface area (Å²) >= 11 is 1.38. The van der Waals surface area contributed by atoms with Crippen LogP contribution >= 0.6 is 11.3 Å². The van der Waals surface area contributed by atoms with Gasteiger partial charge in [0.1, 0.15) is 6.20 Å². The van der Waals surface area contributed by atoms with Gasteiger partial charge >= 0.3 is 5.82 Å². The molecule has 2 aromatic heterocycles. The maximum atomic E-state index is 12.7. The number of carbonyl (C=O) groups is 1. The third-order valence-corrected chi connectivity index (χ3v) is 5.99. The number of hydrogen-bond donors (Lipinski definition) is 0. The quantitative estimate of drug-likeness (QED) is 0.618. The molecule has 2 aromatic rings. The molecule has 1 saturated heterocycles. The van der Waals surface area contributed by atoms with E-state index in [9.17, 15) is 14.9 Å². The van der Waals surface area contributed by atoms with Crippen molar-refractivity contribution in [2.24, 2.45) is 5.92 Å². The molecule has 0 aromatic carbocycles. The highest BCUT2D eigenvalue weighted by Gasteiger charge is 2.33. The van der Waals surface area contributed by atoms with Crippen molar-refractivity contribution in [1.82, 2.24) is 14.3 Å². The van der Waals surface area contributed by atoms with Gasteiger partial charge in [0, 0.05) is 37.5 Å². The topological polar surface area (TPSA) is 84.0 Å². The van der Waals surface area contributed by atoms with Crippen LogP contribution in [0.5, 0.6) is 0 Å². The first-order chi connectivity index (χ1) is 12.1. The molecule has 1 aliphatic carbocycles. The van der Waals surface area contributed by atoms with Crippen LogP contribution in [0.4, 0.5) is 11.6 Å². The van der Waals surface area contributed by atoms with E-state index in [2.05, 4.69) is 4.98 Å². The number of carbonyl (C=O) groups excluding carboxylic acids is 1. The molecule has 9 heteroatoms. The van der Waals surface area contributed by atoms with Gasteiger partial charge in [-0.1, -0.05) is 30.6 Å². The van der Waals surface area contributed by atoms with Crippen LogP contribution < -0.4 is 4.90 Å². The molecular weight excluding hydrogens is 342 g/mol. The van der Waals surface area contributed by atoms with Crippen LogP contribution in [0.15, 0.2) is 11.6 Å². The number of imidazole rings is 1. The highest BCUT2D eigenvalue weighted by molar-refractivity contribution is 7.15. The van der Waals surface area contributed by atoms with Gasteiger partial charge in [0.25, 0.3) is 4.96 Å². The first kappa shape index (κ1) is 16.3. The van der Waals surface area contributed by atoms with Crippen molar-refractivity contribution >= 4 is 33.8 Å². The van der Waals surface area contributed by atoms with Crippen molar-refractivity contribution < 1.29 is 9.72 Å². The summed E-state index contributed by atoms with van der Waals surface area (Å²) in [5.74, 6) is 0.872. The van der Waals surface area contributed by atoms with E-state index >= 15 is 0 Å². The number of hydrogen-bond acceptors (Lipinski definition) is 6. The summed E-state index contributed by atoms with van der Waals surface area (Å²) in [6.07, 6.45) is 7.21. The van der Waals surface area contributed by atoms with Crippen LogP contribution in [-0.2, 0) is 4.79 Å². The molecule has 1 aliphatic heterocycles. The monoisotopic (exact) mass is 363 g/mol. The Hall–Kier alpha value is -2.16. The Morgan fingerprint density at radius 3 is 2.60 bits per heavy atom. The second-order valence-electron chi connectivity index (χ2n) is 6.72. The molecule has 8 nitrogen and oxygen atoms in total. The van der Waals surface area contributed by atoms with Crippen molar-refractivity contribution in [3.05, 3.63) is 21.7 Å². The number of thiazole rings is 1. The van der Waals surface area contributed by atoms with Crippen LogP contribution in [0.2, 0.25) is 0 Å². The maximum Gasteiger partial charge on any atom is 0.373 e. The molecule has 0 unspecified atom stereocenters. The van der Waals surface area contributed by atoms with Crippen LogP contribution in [0.1, 0.15) is 32.1 Å². The summed E-state index contributed by atoms with van der Waals surface area (Å²) in [7, 11) is 0. The standard InChI is InChI=1S/C16H21N5O3S/c22-15(12-4-2-1-3-5-12)19-8-6-18(7-9-19)13-14(21(23)24)20-10-11-25-16(20)17-13/h10-12H,1-9H2. The first-order valence-corrected chi connectivity index (χ1v) is 9.67. The highest BCUT2D eigenvalue weighted by Crippen LogP contribution is 2.32. The van der Waals surface area contributed by atoms with E-state index in [0.717, 1.165) is 25.7 Å². The van der Waals surface area contributed by atoms with E-state index in [4.69, 9.17) is 0 Å². The molecule has 134 valence electrons. The molecule has 0 atom stereocenters. The second kappa shape index (κ2) is 6.62. The van der Waals surface area contributed by atoms with E-state index in [1.54, 1.807) is 11.6 Å². The molecule has 2 aliphatic rings. The van der Waals surface area contributed by atoms with Gasteiger partial charge < -0.3 is 19.9 Å². The zero-order valence-corrected chi connectivity index (χ0v) is 14.8. The van der Waals surface area contributed by atoms with Crippen LogP contribution in [0.3, 0.4) is 0 Å². The number of rotatable bonds is 3. The Kier molecular flexibility index (Phi) is 4.32. The van der Waals surface area contributed by atoms with Crippen molar-refractivity contribution in [1.29, 1.82) is 0 Å². The van der Waals surface area contributed by atoms with E-state index in [-0.39, 0.29) is 22.6 Å². The second-order valence-corrected chi connectivity index (χ2v) is 7.59. The predicted molar refractivity (Wildman–Crippen MR) is 95.1 cm³/mol. The Balaban J connectivity index is 1.47. The molecule has 0 spiro atoms. The fourth-order valence-corrected chi connectivity index (χ4v) is 4.59. The molecule has 4 rings (SSSR count). The van der Waals surface area contributed by atoms with E-state index in [0.29, 0.717) is 37.0 Å². The molecule has 3 heterocycles. The zero-order valence-electron chi connectivity index (χ0n) is 14.0. The zero-order chi connectivity index (χ0) is 17.4. The number of fused-ring (bicyclic) bond motifs is 1. The summed E-state index contributed by atoms with van der Waals surface area (Å²) in [6, 6.07) is 0. The third kappa shape index (κ3) is 2.97. The largest absolute Gasteiger partial charge is 0.373 e. The van der Waals surface area contributed by atoms with Crippen LogP contribution in [0.25, 0.3) is 4.96 Å². The molecule has 0 N–H and O–H groups in total. The molecule has 25 heavy (non-hydrogen) atoms. The summed E-state index contributed by atoms with van der Waals surface area (Å²) in [5.41, 5.74) is 0. The maximum absolute atomic E-state index is 12.7. The molecule has 0 bridgehead atoms. The van der Waals surface area contributed by atoms with Crippen molar-refractivity contribution in [2.75, 3.05) is 31.1 Å². The number of nitrogens with zero attached hydrogens (tertiary/aromatic N) is 5. The van der Waals surface area contributed by atoms with Gasteiger partial charge in [-0.05, 0) is 17.8 Å². The van der Waals surface area contributed by atoms with E-state index in [1.165, 1.54) is 22.2 Å². The Bertz CT molecular complexity index is 787. The lowest BCUT2D eigenvalue weighted by atomic mass is 9.88. The Labute approximate surface area is 149 Å². The number of anilines is 1. The lowest BCUT2D eigenvalue weighted by molar-refractivity contribution is -0.389. The smallest absolute Gasteiger partial charge is 0.358 e. The SMILES string of the molecule is O=C(C1CCCCC1)N1CCN(c2nc3sccn3c2[N+](=O)[O-])CC1. The van der Waals surface area contributed by atoms with Gasteiger partial charge in [0.15, 0.2) is 0 Å². The summed E-state index contributed by atoms with van der Waals surface area (Å²) < 4.78 is 1.53. The Morgan fingerprint density at radius 2 is 1.92 bits per heavy atom. The van der Waals surface area contributed by atoms with E-state index in [1.807, 2.05) is 9.80 Å². The lowest BCUT2D eigenvalue weighted by Crippen LogP contribution is -2.50. The van der Waals surface area contributed by atoms with Crippen LogP contribution in [0, 0.1) is 16.0 Å².